The quantitative estimate of drug-likeness (QED) is 0.0490. The Hall–Kier alpha value is -4.72. The third-order valence-corrected chi connectivity index (χ3v) is 10.4. The number of piperazine rings is 1. The Kier molecular flexibility index (Phi) is 14.4. The highest BCUT2D eigenvalue weighted by Gasteiger charge is 2.23. The van der Waals surface area contributed by atoms with Crippen LogP contribution in [-0.4, -0.2) is 109 Å². The minimum absolute atomic E-state index is 0.0620. The third-order valence-electron chi connectivity index (χ3n) is 8.35. The van der Waals surface area contributed by atoms with Gasteiger partial charge in [-0.05, 0) is 95.2 Å². The number of rotatable bonds is 16. The molecule has 1 aliphatic heterocycles. The molecule has 0 atom stereocenters. The van der Waals surface area contributed by atoms with Crippen LogP contribution in [0.25, 0.3) is 10.2 Å². The van der Waals surface area contributed by atoms with Crippen molar-refractivity contribution in [2.24, 2.45) is 10.7 Å². The molecular weight excluding hydrogens is 714 g/mol. The largest absolute Gasteiger partial charge is 0.491 e. The molecule has 12 nitrogen and oxygen atoms in total. The van der Waals surface area contributed by atoms with Gasteiger partial charge in [-0.15, -0.1) is 11.3 Å². The molecule has 3 heterocycles. The Balaban J connectivity index is 1.28. The molecule has 2 aromatic carbocycles. The summed E-state index contributed by atoms with van der Waals surface area (Å²) in [6.45, 7) is 7.88. The summed E-state index contributed by atoms with van der Waals surface area (Å²) in [5.41, 5.74) is 8.29. The van der Waals surface area contributed by atoms with Crippen LogP contribution >= 0.6 is 22.7 Å². The standard InChI is InChI=1S/C38H46FN9O3S2/c1-26(35(41)45-37-43-29-11-4-5-12-31(29)52-37)24-33(40)48(20-7-6-19-47-21-16-42-17-22-47)38-44-34(36(49)50)32(53-38)13-9-23-51-30-15-14-27(25-28(30)39)10-8-18-46(2)3/h4-5,11-12,14-15,24-25,40,42H,6-7,9,13,16-23H2,1-3H3,(H,49,50)(H2,41,43,45)/b26-24-,40-33?. The molecular formula is C38H46FN9O3S2. The number of ether oxygens (including phenoxy) is 1. The number of hydrogen-bond acceptors (Lipinski definition) is 11. The number of carboxylic acid groups (broad SMARTS) is 1. The number of halogens is 1. The second-order valence-corrected chi connectivity index (χ2v) is 14.9. The minimum Gasteiger partial charge on any atom is -0.491 e. The maximum Gasteiger partial charge on any atom is 0.355 e. The van der Waals surface area contributed by atoms with Gasteiger partial charge in [0.2, 0.25) is 5.13 Å². The average Bonchev–Trinajstić information content (AvgIpc) is 3.75. The number of aliphatic imine (C=N–C) groups is 1. The number of anilines is 1. The molecule has 5 rings (SSSR count). The Morgan fingerprint density at radius 3 is 2.70 bits per heavy atom. The van der Waals surface area contributed by atoms with Crippen LogP contribution < -0.4 is 20.7 Å². The van der Waals surface area contributed by atoms with Gasteiger partial charge in [0.25, 0.3) is 0 Å². The number of amidine groups is 2. The van der Waals surface area contributed by atoms with Crippen LogP contribution in [0.15, 0.2) is 59.1 Å². The van der Waals surface area contributed by atoms with Crippen LogP contribution in [0.4, 0.5) is 14.7 Å². The van der Waals surface area contributed by atoms with E-state index in [1.165, 1.54) is 28.7 Å². The van der Waals surface area contributed by atoms with E-state index >= 15 is 0 Å². The number of thiazole rings is 2. The summed E-state index contributed by atoms with van der Waals surface area (Å²) >= 11 is 2.67. The van der Waals surface area contributed by atoms with Gasteiger partial charge in [-0.2, -0.15) is 0 Å². The van der Waals surface area contributed by atoms with Gasteiger partial charge in [0.1, 0.15) is 11.7 Å². The number of aryl methyl sites for hydroxylation is 1. The molecule has 280 valence electrons. The molecule has 0 bridgehead atoms. The zero-order valence-electron chi connectivity index (χ0n) is 30.3. The second-order valence-electron chi connectivity index (χ2n) is 12.8. The number of carbonyl (C=O) groups is 1. The smallest absolute Gasteiger partial charge is 0.355 e. The molecule has 0 amide bonds. The summed E-state index contributed by atoms with van der Waals surface area (Å²) in [7, 11) is 3.82. The molecule has 4 aromatic rings. The van der Waals surface area contributed by atoms with Gasteiger partial charge in [0.15, 0.2) is 22.4 Å². The number of fused-ring (bicyclic) bond motifs is 1. The van der Waals surface area contributed by atoms with Gasteiger partial charge in [0, 0.05) is 43.2 Å². The van der Waals surface area contributed by atoms with Crippen molar-refractivity contribution in [1.29, 1.82) is 5.41 Å². The highest BCUT2D eigenvalue weighted by Crippen LogP contribution is 2.30. The zero-order valence-corrected chi connectivity index (χ0v) is 32.0. The lowest BCUT2D eigenvalue weighted by atomic mass is 10.2. The molecule has 0 saturated carbocycles. The molecule has 0 unspecified atom stereocenters. The van der Waals surface area contributed by atoms with Gasteiger partial charge in [0.05, 0.1) is 23.4 Å². The number of nitrogens with zero attached hydrogens (tertiary/aromatic N) is 6. The first-order valence-corrected chi connectivity index (χ1v) is 19.2. The van der Waals surface area contributed by atoms with E-state index in [9.17, 15) is 14.3 Å². The average molecular weight is 760 g/mol. The topological polar surface area (TPSA) is 156 Å². The summed E-state index contributed by atoms with van der Waals surface area (Å²) in [6, 6.07) is 12.4. The number of hydrogen-bond donors (Lipinski definition) is 4. The fraction of sp³-hybridized carbons (Fsp3) is 0.395. The first kappa shape index (κ1) is 39.5. The van der Waals surface area contributed by atoms with Crippen molar-refractivity contribution in [2.45, 2.75) is 32.6 Å². The lowest BCUT2D eigenvalue weighted by molar-refractivity contribution is 0.0690. The molecule has 0 radical (unpaired) electrons. The van der Waals surface area contributed by atoms with E-state index in [-0.39, 0.29) is 29.7 Å². The number of nitrogens with one attached hydrogen (secondary N) is 2. The van der Waals surface area contributed by atoms with Gasteiger partial charge in [-0.1, -0.05) is 35.3 Å². The summed E-state index contributed by atoms with van der Waals surface area (Å²) in [6.07, 6.45) is 4.10. The highest BCUT2D eigenvalue weighted by molar-refractivity contribution is 7.22. The van der Waals surface area contributed by atoms with E-state index in [0.29, 0.717) is 52.2 Å². The van der Waals surface area contributed by atoms with Crippen LogP contribution in [0.3, 0.4) is 0 Å². The Labute approximate surface area is 317 Å². The van der Waals surface area contributed by atoms with Gasteiger partial charge in [-0.3, -0.25) is 10.3 Å². The van der Waals surface area contributed by atoms with Crippen LogP contribution in [0, 0.1) is 23.1 Å². The summed E-state index contributed by atoms with van der Waals surface area (Å²) in [5, 5.41) is 23.5. The SMILES string of the molecule is C/C(=C/C(=N)N(CCCCN1CCNCC1)c1nc(C(=O)O)c(CCCOc2ccc(C#CCN(C)C)cc2F)s1)C(N)=Nc1nc2ccccc2s1. The molecule has 1 aliphatic rings. The number of nitrogens with two attached hydrogens (primary N) is 1. The Bertz CT molecular complexity index is 1970. The predicted octanol–water partition coefficient (Wildman–Crippen LogP) is 5.62. The van der Waals surface area contributed by atoms with E-state index < -0.39 is 11.8 Å². The predicted molar refractivity (Wildman–Crippen MR) is 213 cm³/mol. The molecule has 2 aromatic heterocycles. The molecule has 0 spiro atoms. The maximum absolute atomic E-state index is 14.7. The maximum atomic E-state index is 14.7. The van der Waals surface area contributed by atoms with Crippen molar-refractivity contribution >= 4 is 60.8 Å². The lowest BCUT2D eigenvalue weighted by Crippen LogP contribution is -2.43. The highest BCUT2D eigenvalue weighted by atomic mass is 32.1. The van der Waals surface area contributed by atoms with Gasteiger partial charge < -0.3 is 30.7 Å². The van der Waals surface area contributed by atoms with Gasteiger partial charge >= 0.3 is 5.97 Å². The normalized spacial score (nSPS) is 14.0. The number of para-hydroxylation sites is 1. The van der Waals surface area contributed by atoms with Crippen molar-refractivity contribution in [3.8, 4) is 17.6 Å². The minimum atomic E-state index is -1.15. The fourth-order valence-electron chi connectivity index (χ4n) is 5.52. The first-order chi connectivity index (χ1) is 25.6. The van der Waals surface area contributed by atoms with E-state index in [2.05, 4.69) is 37.0 Å². The van der Waals surface area contributed by atoms with Crippen LogP contribution in [0.1, 0.15) is 47.1 Å². The summed E-state index contributed by atoms with van der Waals surface area (Å²) < 4.78 is 21.4. The van der Waals surface area contributed by atoms with E-state index in [1.807, 2.05) is 43.3 Å². The van der Waals surface area contributed by atoms with Gasteiger partial charge in [-0.25, -0.2) is 24.1 Å². The van der Waals surface area contributed by atoms with Crippen molar-refractivity contribution in [3.05, 3.63) is 76.1 Å². The van der Waals surface area contributed by atoms with Crippen molar-refractivity contribution in [2.75, 3.05) is 71.4 Å². The number of benzene rings is 2. The number of aromatic nitrogens is 2. The van der Waals surface area contributed by atoms with Crippen LogP contribution in [-0.2, 0) is 6.42 Å². The molecule has 53 heavy (non-hydrogen) atoms. The lowest BCUT2D eigenvalue weighted by Gasteiger charge is -2.27. The van der Waals surface area contributed by atoms with E-state index in [4.69, 9.17) is 15.9 Å². The van der Waals surface area contributed by atoms with Crippen molar-refractivity contribution < 1.29 is 19.0 Å². The zero-order chi connectivity index (χ0) is 37.7. The number of aromatic carboxylic acids is 1. The monoisotopic (exact) mass is 759 g/mol. The summed E-state index contributed by atoms with van der Waals surface area (Å²) in [4.78, 5) is 32.5. The first-order valence-electron chi connectivity index (χ1n) is 17.5. The molecule has 1 saturated heterocycles. The van der Waals surface area contributed by atoms with Crippen molar-refractivity contribution in [1.82, 2.24) is 25.1 Å². The summed E-state index contributed by atoms with van der Waals surface area (Å²) in [5.74, 6) is 4.74. The molecule has 1 fully saturated rings. The van der Waals surface area contributed by atoms with E-state index in [0.717, 1.165) is 55.8 Å². The van der Waals surface area contributed by atoms with Crippen LogP contribution in [0.5, 0.6) is 5.75 Å². The Morgan fingerprint density at radius 1 is 1.17 bits per heavy atom. The molecule has 15 heteroatoms. The number of carboxylic acids is 1. The fourth-order valence-corrected chi connectivity index (χ4v) is 7.50. The third kappa shape index (κ3) is 11.6. The second kappa shape index (κ2) is 19.4. The van der Waals surface area contributed by atoms with Crippen molar-refractivity contribution in [3.63, 3.8) is 0 Å². The van der Waals surface area contributed by atoms with Crippen LogP contribution in [0.2, 0.25) is 0 Å². The molecule has 5 N–H and O–H groups in total. The molecule has 0 aliphatic carbocycles. The number of unbranched alkanes of at least 4 members (excludes halogenated alkanes) is 1. The van der Waals surface area contributed by atoms with E-state index in [1.54, 1.807) is 30.0 Å². The Morgan fingerprint density at radius 2 is 1.96 bits per heavy atom.